The minimum absolute atomic E-state index is 0.288. The van der Waals surface area contributed by atoms with Gasteiger partial charge in [-0.15, -0.1) is 5.10 Å². The summed E-state index contributed by atoms with van der Waals surface area (Å²) in [6.45, 7) is 1.82. The predicted molar refractivity (Wildman–Crippen MR) is 64.1 cm³/mol. The second-order valence-electron chi connectivity index (χ2n) is 4.36. The van der Waals surface area contributed by atoms with Crippen molar-refractivity contribution in [2.45, 2.75) is 25.3 Å². The number of rotatable bonds is 5. The smallest absolute Gasteiger partial charge is 0.273 e. The molecule has 1 aromatic rings. The SMILES string of the molecule is O=C(NCCCF)c1cn(C2CCNCC2)nn1. The van der Waals surface area contributed by atoms with Crippen LogP contribution in [-0.4, -0.2) is 47.2 Å². The summed E-state index contributed by atoms with van der Waals surface area (Å²) in [5.41, 5.74) is 0.299. The summed E-state index contributed by atoms with van der Waals surface area (Å²) in [6, 6.07) is 0.311. The first-order chi connectivity index (χ1) is 8.81. The van der Waals surface area contributed by atoms with E-state index in [1.54, 1.807) is 10.9 Å². The summed E-state index contributed by atoms with van der Waals surface area (Å²) in [7, 11) is 0. The Morgan fingerprint density at radius 1 is 1.56 bits per heavy atom. The quantitative estimate of drug-likeness (QED) is 0.742. The van der Waals surface area contributed by atoms with Crippen molar-refractivity contribution in [1.82, 2.24) is 25.6 Å². The highest BCUT2D eigenvalue weighted by Gasteiger charge is 2.18. The van der Waals surface area contributed by atoms with Crippen molar-refractivity contribution in [3.8, 4) is 0 Å². The zero-order chi connectivity index (χ0) is 12.8. The van der Waals surface area contributed by atoms with E-state index in [0.29, 0.717) is 24.7 Å². The number of alkyl halides is 1. The van der Waals surface area contributed by atoms with Crippen molar-refractivity contribution in [2.24, 2.45) is 0 Å². The third-order valence-electron chi connectivity index (χ3n) is 3.02. The fraction of sp³-hybridized carbons (Fsp3) is 0.727. The Morgan fingerprint density at radius 3 is 3.06 bits per heavy atom. The predicted octanol–water partition coefficient (Wildman–Crippen LogP) is 0.292. The van der Waals surface area contributed by atoms with Crippen LogP contribution in [0.5, 0.6) is 0 Å². The summed E-state index contributed by atoms with van der Waals surface area (Å²) in [4.78, 5) is 11.7. The molecular formula is C11H18FN5O. The second kappa shape index (κ2) is 6.44. The van der Waals surface area contributed by atoms with Gasteiger partial charge >= 0.3 is 0 Å². The Kier molecular flexibility index (Phi) is 4.63. The standard InChI is InChI=1S/C11H18FN5O/c12-4-1-5-14-11(18)10-8-17(16-15-10)9-2-6-13-7-3-9/h8-9,13H,1-7H2,(H,14,18). The van der Waals surface area contributed by atoms with Gasteiger partial charge in [-0.2, -0.15) is 0 Å². The van der Waals surface area contributed by atoms with E-state index >= 15 is 0 Å². The molecule has 0 radical (unpaired) electrons. The molecule has 100 valence electrons. The summed E-state index contributed by atoms with van der Waals surface area (Å²) in [5, 5.41) is 13.7. The number of aromatic nitrogens is 3. The van der Waals surface area contributed by atoms with Crippen LogP contribution in [0.15, 0.2) is 6.20 Å². The second-order valence-corrected chi connectivity index (χ2v) is 4.36. The highest BCUT2D eigenvalue weighted by Crippen LogP contribution is 2.16. The van der Waals surface area contributed by atoms with Crippen molar-refractivity contribution in [2.75, 3.05) is 26.3 Å². The third-order valence-corrected chi connectivity index (χ3v) is 3.02. The molecule has 2 N–H and O–H groups in total. The van der Waals surface area contributed by atoms with E-state index in [2.05, 4.69) is 20.9 Å². The van der Waals surface area contributed by atoms with Crippen LogP contribution in [0.25, 0.3) is 0 Å². The molecule has 0 unspecified atom stereocenters. The number of nitrogens with zero attached hydrogens (tertiary/aromatic N) is 3. The van der Waals surface area contributed by atoms with Crippen LogP contribution >= 0.6 is 0 Å². The molecule has 18 heavy (non-hydrogen) atoms. The maximum atomic E-state index is 11.9. The monoisotopic (exact) mass is 255 g/mol. The minimum atomic E-state index is -0.429. The molecule has 0 bridgehead atoms. The number of amides is 1. The fourth-order valence-corrected chi connectivity index (χ4v) is 1.99. The Hall–Kier alpha value is -1.50. The van der Waals surface area contributed by atoms with Gasteiger partial charge in [0.25, 0.3) is 5.91 Å². The van der Waals surface area contributed by atoms with Gasteiger partial charge in [-0.1, -0.05) is 5.21 Å². The Labute approximate surface area is 105 Å². The van der Waals surface area contributed by atoms with Gasteiger partial charge in [0.15, 0.2) is 5.69 Å². The van der Waals surface area contributed by atoms with Gasteiger partial charge in [0.1, 0.15) is 0 Å². The lowest BCUT2D eigenvalue weighted by molar-refractivity contribution is 0.0947. The van der Waals surface area contributed by atoms with Gasteiger partial charge < -0.3 is 10.6 Å². The molecule has 0 spiro atoms. The average Bonchev–Trinajstić information content (AvgIpc) is 2.89. The molecule has 1 aromatic heterocycles. The summed E-state index contributed by atoms with van der Waals surface area (Å²) in [5.74, 6) is -0.288. The maximum absolute atomic E-state index is 11.9. The zero-order valence-electron chi connectivity index (χ0n) is 10.2. The van der Waals surface area contributed by atoms with Crippen molar-refractivity contribution in [3.63, 3.8) is 0 Å². The van der Waals surface area contributed by atoms with Gasteiger partial charge in [-0.3, -0.25) is 9.18 Å². The van der Waals surface area contributed by atoms with Crippen LogP contribution < -0.4 is 10.6 Å². The highest BCUT2D eigenvalue weighted by atomic mass is 19.1. The van der Waals surface area contributed by atoms with Gasteiger partial charge in [0.2, 0.25) is 0 Å². The van der Waals surface area contributed by atoms with Gasteiger partial charge in [-0.05, 0) is 32.4 Å². The molecule has 0 saturated carbocycles. The lowest BCUT2D eigenvalue weighted by Crippen LogP contribution is -2.29. The molecule has 1 amide bonds. The number of halogens is 1. The van der Waals surface area contributed by atoms with E-state index in [9.17, 15) is 9.18 Å². The summed E-state index contributed by atoms with van der Waals surface area (Å²) < 4.78 is 13.7. The van der Waals surface area contributed by atoms with E-state index in [0.717, 1.165) is 25.9 Å². The van der Waals surface area contributed by atoms with Crippen LogP contribution in [-0.2, 0) is 0 Å². The van der Waals surface area contributed by atoms with Crippen molar-refractivity contribution in [1.29, 1.82) is 0 Å². The fourth-order valence-electron chi connectivity index (χ4n) is 1.99. The maximum Gasteiger partial charge on any atom is 0.273 e. The topological polar surface area (TPSA) is 71.8 Å². The molecular weight excluding hydrogens is 237 g/mol. The van der Waals surface area contributed by atoms with E-state index < -0.39 is 6.67 Å². The molecule has 6 nitrogen and oxygen atoms in total. The lowest BCUT2D eigenvalue weighted by Gasteiger charge is -2.22. The lowest BCUT2D eigenvalue weighted by atomic mass is 10.1. The Bertz CT molecular complexity index is 389. The number of carbonyl (C=O) groups is 1. The van der Waals surface area contributed by atoms with Crippen LogP contribution in [0.3, 0.4) is 0 Å². The molecule has 7 heteroatoms. The Balaban J connectivity index is 1.90. The largest absolute Gasteiger partial charge is 0.350 e. The van der Waals surface area contributed by atoms with Crippen LogP contribution in [0.1, 0.15) is 35.8 Å². The van der Waals surface area contributed by atoms with Gasteiger partial charge in [0.05, 0.1) is 18.9 Å². The van der Waals surface area contributed by atoms with E-state index in [4.69, 9.17) is 0 Å². The molecule has 1 saturated heterocycles. The number of nitrogens with one attached hydrogen (secondary N) is 2. The van der Waals surface area contributed by atoms with Gasteiger partial charge in [-0.25, -0.2) is 4.68 Å². The van der Waals surface area contributed by atoms with Gasteiger partial charge in [0, 0.05) is 6.54 Å². The molecule has 1 aliphatic heterocycles. The first kappa shape index (κ1) is 12.9. The van der Waals surface area contributed by atoms with E-state index in [1.807, 2.05) is 0 Å². The first-order valence-electron chi connectivity index (χ1n) is 6.28. The summed E-state index contributed by atoms with van der Waals surface area (Å²) in [6.07, 6.45) is 3.98. The third kappa shape index (κ3) is 3.25. The number of piperidine rings is 1. The van der Waals surface area contributed by atoms with Crippen molar-refractivity contribution >= 4 is 5.91 Å². The van der Waals surface area contributed by atoms with Crippen LogP contribution in [0.4, 0.5) is 4.39 Å². The number of carbonyl (C=O) groups excluding carboxylic acids is 1. The van der Waals surface area contributed by atoms with Crippen molar-refractivity contribution < 1.29 is 9.18 Å². The Morgan fingerprint density at radius 2 is 2.33 bits per heavy atom. The molecule has 0 aliphatic carbocycles. The summed E-state index contributed by atoms with van der Waals surface area (Å²) >= 11 is 0. The minimum Gasteiger partial charge on any atom is -0.350 e. The van der Waals surface area contributed by atoms with Crippen molar-refractivity contribution in [3.05, 3.63) is 11.9 Å². The molecule has 0 atom stereocenters. The van der Waals surface area contributed by atoms with Crippen LogP contribution in [0, 0.1) is 0 Å². The molecule has 2 rings (SSSR count). The first-order valence-corrected chi connectivity index (χ1v) is 6.28. The number of hydrogen-bond donors (Lipinski definition) is 2. The molecule has 0 aromatic carbocycles. The normalized spacial score (nSPS) is 16.7. The molecule has 1 aliphatic rings. The molecule has 2 heterocycles. The van der Waals surface area contributed by atoms with Crippen LogP contribution in [0.2, 0.25) is 0 Å². The van der Waals surface area contributed by atoms with E-state index in [1.165, 1.54) is 0 Å². The average molecular weight is 255 g/mol. The van der Waals surface area contributed by atoms with E-state index in [-0.39, 0.29) is 5.91 Å². The number of hydrogen-bond acceptors (Lipinski definition) is 4. The highest BCUT2D eigenvalue weighted by molar-refractivity contribution is 5.91. The zero-order valence-corrected chi connectivity index (χ0v) is 10.2. The molecule has 1 fully saturated rings.